The number of amides is 5. The lowest BCUT2D eigenvalue weighted by molar-refractivity contribution is -0.141. The van der Waals surface area contributed by atoms with E-state index in [9.17, 15) is 63.6 Å². The molecule has 1 heterocycles. The molecule has 0 fully saturated rings. The van der Waals surface area contributed by atoms with Crippen LogP contribution in [0.1, 0.15) is 103 Å². The van der Waals surface area contributed by atoms with Gasteiger partial charge in [0.25, 0.3) is 0 Å². The summed E-state index contributed by atoms with van der Waals surface area (Å²) in [4.78, 5) is 123. The Morgan fingerprint density at radius 3 is 1.97 bits per heavy atom. The highest BCUT2D eigenvalue weighted by Gasteiger charge is 2.38. The predicted molar refractivity (Wildman–Crippen MR) is 227 cm³/mol. The summed E-state index contributed by atoms with van der Waals surface area (Å²) in [6.45, 7) is 5.03. The number of hydrogen-bond acceptors (Lipinski definition) is 14. The van der Waals surface area contributed by atoms with Crippen LogP contribution in [0.4, 0.5) is 11.4 Å². The summed E-state index contributed by atoms with van der Waals surface area (Å²) >= 11 is 0. The number of phenolic OH excluding ortho intramolecular Hbond substituents is 2. The predicted octanol–water partition coefficient (Wildman–Crippen LogP) is 0.464. The second kappa shape index (κ2) is 22.5. The molecule has 5 atom stereocenters. The smallest absolute Gasteiger partial charge is 0.305 e. The Hall–Kier alpha value is -7.52. The highest BCUT2D eigenvalue weighted by atomic mass is 16.4. The third-order valence-electron chi connectivity index (χ3n) is 10.5. The third kappa shape index (κ3) is 12.8. The van der Waals surface area contributed by atoms with Gasteiger partial charge in [-0.25, -0.2) is 4.98 Å². The Bertz CT molecular complexity index is 2260. The molecule has 2 aromatic carbocycles. The molecule has 22 nitrogen and oxygen atoms in total. The van der Waals surface area contributed by atoms with Crippen molar-refractivity contribution in [1.29, 1.82) is 0 Å². The highest BCUT2D eigenvalue weighted by Crippen LogP contribution is 2.41. The molecule has 3 aromatic rings. The van der Waals surface area contributed by atoms with Gasteiger partial charge in [0.05, 0.1) is 35.0 Å². The van der Waals surface area contributed by atoms with Crippen molar-refractivity contribution in [3.8, 4) is 11.5 Å². The SMILES string of the molecule is CCC(C)C(NC(C)=O)C(=O)N[C@@H](CCC(=O)O)C(=O)N[C@@H](Cc1cnc[nH]1)C(=O)N[C@@H](CC(=O)O)C(=O)NCCCCCNc1ccc(O)c2c1C(=O)c1c(O)ccc(N)c1C2=O. The monoisotopic (exact) mass is 891 g/mol. The Balaban J connectivity index is 1.37. The van der Waals surface area contributed by atoms with Gasteiger partial charge in [-0.1, -0.05) is 20.3 Å². The van der Waals surface area contributed by atoms with Gasteiger partial charge >= 0.3 is 11.9 Å². The van der Waals surface area contributed by atoms with Crippen LogP contribution < -0.4 is 37.6 Å². The maximum atomic E-state index is 13.7. The zero-order valence-corrected chi connectivity index (χ0v) is 35.4. The fraction of sp³-hybridized carbons (Fsp3) is 0.429. The number of aromatic amines is 1. The first-order valence-corrected chi connectivity index (χ1v) is 20.5. The van der Waals surface area contributed by atoms with Crippen LogP contribution >= 0.6 is 0 Å². The summed E-state index contributed by atoms with van der Waals surface area (Å²) in [5.74, 6) is -9.42. The molecule has 0 saturated carbocycles. The molecule has 1 aliphatic carbocycles. The van der Waals surface area contributed by atoms with E-state index in [0.717, 1.165) is 0 Å². The lowest BCUT2D eigenvalue weighted by Gasteiger charge is -2.27. The topological polar surface area (TPSA) is 361 Å². The molecule has 0 radical (unpaired) electrons. The summed E-state index contributed by atoms with van der Waals surface area (Å²) in [6, 6.07) is -0.479. The summed E-state index contributed by atoms with van der Waals surface area (Å²) in [7, 11) is 0. The number of phenols is 2. The van der Waals surface area contributed by atoms with Gasteiger partial charge in [-0.15, -0.1) is 0 Å². The lowest BCUT2D eigenvalue weighted by atomic mass is 9.81. The van der Waals surface area contributed by atoms with Gasteiger partial charge in [0.1, 0.15) is 35.7 Å². The number of aromatic nitrogens is 2. The number of benzene rings is 2. The van der Waals surface area contributed by atoms with Gasteiger partial charge in [-0.3, -0.25) is 43.2 Å². The molecule has 1 aliphatic rings. The van der Waals surface area contributed by atoms with E-state index in [1.165, 1.54) is 43.7 Å². The normalized spacial score (nSPS) is 14.0. The van der Waals surface area contributed by atoms with Crippen molar-refractivity contribution in [2.45, 2.75) is 96.3 Å². The number of nitrogens with one attached hydrogen (secondary N) is 7. The van der Waals surface area contributed by atoms with Gasteiger partial charge < -0.3 is 63.0 Å². The average Bonchev–Trinajstić information content (AvgIpc) is 3.76. The van der Waals surface area contributed by atoms with E-state index in [1.807, 2.05) is 0 Å². The fourth-order valence-electron chi connectivity index (χ4n) is 6.99. The second-order valence-corrected chi connectivity index (χ2v) is 15.3. The van der Waals surface area contributed by atoms with Gasteiger partial charge in [0.15, 0.2) is 0 Å². The molecular formula is C42H53N9O13. The lowest BCUT2D eigenvalue weighted by Crippen LogP contribution is -2.59. The molecule has 0 bridgehead atoms. The molecule has 64 heavy (non-hydrogen) atoms. The van der Waals surface area contributed by atoms with E-state index >= 15 is 0 Å². The van der Waals surface area contributed by atoms with Crippen molar-refractivity contribution < 1.29 is 63.6 Å². The molecule has 5 amide bonds. The number of nitrogens with two attached hydrogens (primary N) is 1. The number of unbranched alkanes of at least 4 members (excludes halogenated alkanes) is 2. The second-order valence-electron chi connectivity index (χ2n) is 15.3. The third-order valence-corrected chi connectivity index (χ3v) is 10.5. The minimum Gasteiger partial charge on any atom is -0.507 e. The Morgan fingerprint density at radius 2 is 1.34 bits per heavy atom. The molecule has 0 saturated heterocycles. The minimum atomic E-state index is -1.61. The van der Waals surface area contributed by atoms with Crippen LogP contribution in [0, 0.1) is 5.92 Å². The van der Waals surface area contributed by atoms with Gasteiger partial charge in [-0.05, 0) is 55.9 Å². The van der Waals surface area contributed by atoms with E-state index in [-0.39, 0.29) is 59.1 Å². The standard InChI is InChI=1S/C42H53N9O13/c1-4-20(2)36(48-21(3)52)42(64)49-25(10-13-30(55)56)40(62)50-26(16-22-18-44-19-47-22)41(63)51-27(17-31(57)58)39(61)46-15-7-5-6-14-45-24-9-12-29(54)35-33(24)38(60)34-28(53)11-8-23(43)32(34)37(35)59/h8-9,11-12,18-20,25-27,36,45,53-54H,4-7,10,13-17,43H2,1-3H3,(H,44,47)(H,46,61)(H,48,52)(H,49,64)(H,50,62)(H,51,63)(H,55,56)(H,57,58)/t20?,25-,26-,27-,36?/m0/s1. The number of carbonyl (C=O) groups is 9. The number of carboxylic acid groups (broad SMARTS) is 2. The maximum absolute atomic E-state index is 13.7. The van der Waals surface area contributed by atoms with Crippen LogP contribution in [0.3, 0.4) is 0 Å². The molecule has 0 spiro atoms. The number of fused-ring (bicyclic) bond motifs is 2. The van der Waals surface area contributed by atoms with Crippen molar-refractivity contribution in [2.24, 2.45) is 5.92 Å². The number of imidazole rings is 1. The number of aromatic hydroxyl groups is 2. The number of nitrogens with zero attached hydrogens (tertiary/aromatic N) is 1. The van der Waals surface area contributed by atoms with Crippen molar-refractivity contribution in [3.05, 3.63) is 64.7 Å². The molecule has 0 aliphatic heterocycles. The number of rotatable bonds is 24. The van der Waals surface area contributed by atoms with Crippen molar-refractivity contribution >= 4 is 64.4 Å². The molecule has 13 N–H and O–H groups in total. The Kier molecular flexibility index (Phi) is 17.3. The molecule has 4 rings (SSSR count). The summed E-state index contributed by atoms with van der Waals surface area (Å²) in [5, 5.41) is 55.4. The van der Waals surface area contributed by atoms with Crippen LogP contribution in [0.5, 0.6) is 11.5 Å². The number of hydrogen-bond donors (Lipinski definition) is 12. The van der Waals surface area contributed by atoms with Crippen LogP contribution in [0.15, 0.2) is 36.8 Å². The van der Waals surface area contributed by atoms with E-state index in [2.05, 4.69) is 41.9 Å². The van der Waals surface area contributed by atoms with E-state index in [1.54, 1.807) is 13.8 Å². The van der Waals surface area contributed by atoms with Gasteiger partial charge in [-0.2, -0.15) is 0 Å². The number of anilines is 2. The average molecular weight is 892 g/mol. The van der Waals surface area contributed by atoms with Crippen molar-refractivity contribution in [1.82, 2.24) is 36.6 Å². The molecule has 22 heteroatoms. The maximum Gasteiger partial charge on any atom is 0.305 e. The van der Waals surface area contributed by atoms with Gasteiger partial charge in [0, 0.05) is 56.1 Å². The highest BCUT2D eigenvalue weighted by molar-refractivity contribution is 6.33. The van der Waals surface area contributed by atoms with E-state index < -0.39 is 108 Å². The fourth-order valence-corrected chi connectivity index (χ4v) is 6.99. The molecule has 1 aromatic heterocycles. The zero-order chi connectivity index (χ0) is 47.2. The number of ketones is 2. The Morgan fingerprint density at radius 1 is 0.734 bits per heavy atom. The first kappa shape index (κ1) is 49.1. The van der Waals surface area contributed by atoms with Crippen LogP contribution in [-0.4, -0.2) is 121 Å². The first-order chi connectivity index (χ1) is 30.3. The molecule has 344 valence electrons. The first-order valence-electron chi connectivity index (χ1n) is 20.5. The largest absolute Gasteiger partial charge is 0.507 e. The number of carboxylic acids is 2. The van der Waals surface area contributed by atoms with Crippen LogP contribution in [0.2, 0.25) is 0 Å². The number of nitrogen functional groups attached to an aromatic ring is 1. The van der Waals surface area contributed by atoms with Gasteiger partial charge in [0.2, 0.25) is 41.1 Å². The van der Waals surface area contributed by atoms with E-state index in [0.29, 0.717) is 31.4 Å². The number of H-pyrrole nitrogens is 1. The van der Waals surface area contributed by atoms with Crippen LogP contribution in [-0.2, 0) is 40.0 Å². The zero-order valence-electron chi connectivity index (χ0n) is 35.4. The minimum absolute atomic E-state index is 0.0304. The summed E-state index contributed by atoms with van der Waals surface area (Å²) < 4.78 is 0. The number of carbonyl (C=O) groups excluding carboxylic acids is 7. The summed E-state index contributed by atoms with van der Waals surface area (Å²) in [6.07, 6.45) is 2.47. The summed E-state index contributed by atoms with van der Waals surface area (Å²) in [5.41, 5.74) is 5.65. The van der Waals surface area contributed by atoms with Crippen molar-refractivity contribution in [3.63, 3.8) is 0 Å². The Labute approximate surface area is 366 Å². The van der Waals surface area contributed by atoms with Crippen molar-refractivity contribution in [2.75, 3.05) is 24.1 Å². The van der Waals surface area contributed by atoms with E-state index in [4.69, 9.17) is 5.73 Å². The molecular weight excluding hydrogens is 839 g/mol. The molecule has 2 unspecified atom stereocenters. The van der Waals surface area contributed by atoms with Crippen LogP contribution in [0.25, 0.3) is 0 Å². The number of aliphatic carboxylic acids is 2. The quantitative estimate of drug-likeness (QED) is 0.0258.